The molecule has 29 heavy (non-hydrogen) atoms. The van der Waals surface area contributed by atoms with Crippen LogP contribution in [0.25, 0.3) is 6.08 Å². The minimum absolute atomic E-state index is 0.00607. The first-order chi connectivity index (χ1) is 13.8. The van der Waals surface area contributed by atoms with Gasteiger partial charge in [-0.15, -0.1) is 0 Å². The number of non-ortho nitro benzene ring substituents is 1. The molecule has 0 radical (unpaired) electrons. The molecule has 2 aromatic rings. The van der Waals surface area contributed by atoms with Crippen LogP contribution in [0.5, 0.6) is 11.5 Å². The Hall–Kier alpha value is -2.85. The molecule has 0 atom stereocenters. The number of amidine groups is 1. The summed E-state index contributed by atoms with van der Waals surface area (Å²) in [5.41, 5.74) is 1.93. The Morgan fingerprint density at radius 1 is 1.24 bits per heavy atom. The third kappa shape index (κ3) is 4.43. The van der Waals surface area contributed by atoms with Gasteiger partial charge in [0.25, 0.3) is 11.6 Å². The number of benzene rings is 2. The average molecular weight is 478 g/mol. The van der Waals surface area contributed by atoms with Crippen molar-refractivity contribution in [2.75, 3.05) is 14.2 Å². The smallest absolute Gasteiger partial charge is 0.269 e. The summed E-state index contributed by atoms with van der Waals surface area (Å²) in [7, 11) is 3.08. The Balaban J connectivity index is 1.89. The summed E-state index contributed by atoms with van der Waals surface area (Å²) >= 11 is 4.66. The Morgan fingerprint density at radius 2 is 2.00 bits per heavy atom. The zero-order valence-electron chi connectivity index (χ0n) is 15.7. The molecule has 1 N–H and O–H groups in total. The number of aryl methyl sites for hydroxylation is 1. The zero-order valence-corrected chi connectivity index (χ0v) is 18.1. The van der Waals surface area contributed by atoms with Crippen molar-refractivity contribution < 1.29 is 19.2 Å². The van der Waals surface area contributed by atoms with Crippen LogP contribution in [0.2, 0.25) is 0 Å². The van der Waals surface area contributed by atoms with Gasteiger partial charge in [-0.3, -0.25) is 14.9 Å². The fourth-order valence-corrected chi connectivity index (χ4v) is 4.06. The number of carbonyl (C=O) groups excluding carboxylic acids is 1. The number of nitro benzene ring substituents is 1. The largest absolute Gasteiger partial charge is 0.493 e. The first kappa shape index (κ1) is 20.9. The van der Waals surface area contributed by atoms with E-state index in [1.165, 1.54) is 31.0 Å². The number of hydrogen-bond acceptors (Lipinski definition) is 7. The Bertz CT molecular complexity index is 1070. The van der Waals surface area contributed by atoms with Gasteiger partial charge < -0.3 is 14.8 Å². The van der Waals surface area contributed by atoms with E-state index in [1.54, 1.807) is 32.2 Å². The SMILES string of the molecule is COc1ccc(/C=C2/SC(=Nc3ccc([N+](=O)[O-])cc3C)NC2=O)c(Br)c1OC. The maximum absolute atomic E-state index is 12.4. The van der Waals surface area contributed by atoms with Gasteiger partial charge in [0.05, 0.1) is 34.2 Å². The van der Waals surface area contributed by atoms with E-state index < -0.39 is 4.92 Å². The number of thioether (sulfide) groups is 1. The number of aliphatic imine (C=N–C) groups is 1. The van der Waals surface area contributed by atoms with E-state index in [4.69, 9.17) is 9.47 Å². The standard InChI is InChI=1S/C19H16BrN3O5S/c1-10-8-12(23(25)26)5-6-13(10)21-19-22-18(24)15(29-19)9-11-4-7-14(27-2)17(28-3)16(11)20/h4-9H,1-3H3,(H,21,22,24)/b15-9+. The van der Waals surface area contributed by atoms with E-state index in [1.807, 2.05) is 6.07 Å². The Labute approximate surface area is 179 Å². The fraction of sp³-hybridized carbons (Fsp3) is 0.158. The number of rotatable bonds is 5. The van der Waals surface area contributed by atoms with Gasteiger partial charge >= 0.3 is 0 Å². The minimum atomic E-state index is -0.460. The van der Waals surface area contributed by atoms with Crippen LogP contribution in [0, 0.1) is 17.0 Å². The highest BCUT2D eigenvalue weighted by Crippen LogP contribution is 2.39. The number of nitro groups is 1. The summed E-state index contributed by atoms with van der Waals surface area (Å²) in [5.74, 6) is 0.816. The van der Waals surface area contributed by atoms with Crippen molar-refractivity contribution in [1.82, 2.24) is 5.32 Å². The second-order valence-corrected chi connectivity index (χ2v) is 7.74. The normalized spacial score (nSPS) is 16.2. The van der Waals surface area contributed by atoms with Crippen LogP contribution < -0.4 is 14.8 Å². The van der Waals surface area contributed by atoms with Crippen LogP contribution in [0.3, 0.4) is 0 Å². The number of nitrogens with one attached hydrogen (secondary N) is 1. The number of methoxy groups -OCH3 is 2. The Kier molecular flexibility index (Phi) is 6.23. The first-order valence-corrected chi connectivity index (χ1v) is 9.90. The van der Waals surface area contributed by atoms with E-state index >= 15 is 0 Å². The molecule has 0 aliphatic carbocycles. The molecule has 0 bridgehead atoms. The van der Waals surface area contributed by atoms with E-state index in [-0.39, 0.29) is 11.6 Å². The molecule has 3 rings (SSSR count). The van der Waals surface area contributed by atoms with Crippen molar-refractivity contribution >= 4 is 56.2 Å². The molecule has 150 valence electrons. The summed E-state index contributed by atoms with van der Waals surface area (Å²) in [5, 5.41) is 14.0. The Morgan fingerprint density at radius 3 is 2.62 bits per heavy atom. The van der Waals surface area contributed by atoms with Crippen molar-refractivity contribution in [1.29, 1.82) is 0 Å². The zero-order chi connectivity index (χ0) is 21.1. The number of hydrogen-bond donors (Lipinski definition) is 1. The van der Waals surface area contributed by atoms with E-state index in [9.17, 15) is 14.9 Å². The third-order valence-electron chi connectivity index (χ3n) is 4.07. The number of carbonyl (C=O) groups is 1. The molecule has 1 aliphatic rings. The van der Waals surface area contributed by atoms with E-state index in [0.717, 1.165) is 5.56 Å². The molecule has 0 aromatic heterocycles. The molecule has 0 unspecified atom stereocenters. The van der Waals surface area contributed by atoms with Gasteiger partial charge in [0.1, 0.15) is 0 Å². The summed E-state index contributed by atoms with van der Waals surface area (Å²) in [4.78, 5) is 27.6. The fourth-order valence-electron chi connectivity index (χ4n) is 2.63. The predicted octanol–water partition coefficient (Wildman–Crippen LogP) is 4.57. The van der Waals surface area contributed by atoms with Crippen molar-refractivity contribution in [3.63, 3.8) is 0 Å². The molecule has 8 nitrogen and oxygen atoms in total. The van der Waals surface area contributed by atoms with Gasteiger partial charge in [-0.2, -0.15) is 0 Å². The van der Waals surface area contributed by atoms with Gasteiger partial charge in [-0.1, -0.05) is 0 Å². The highest BCUT2D eigenvalue weighted by molar-refractivity contribution is 9.10. The predicted molar refractivity (Wildman–Crippen MR) is 116 cm³/mol. The van der Waals surface area contributed by atoms with Crippen LogP contribution in [-0.2, 0) is 4.79 Å². The van der Waals surface area contributed by atoms with Gasteiger partial charge in [0, 0.05) is 12.1 Å². The average Bonchev–Trinajstić information content (AvgIpc) is 3.03. The lowest BCUT2D eigenvalue weighted by Crippen LogP contribution is -2.19. The summed E-state index contributed by atoms with van der Waals surface area (Å²) in [6.07, 6.45) is 1.72. The summed E-state index contributed by atoms with van der Waals surface area (Å²) < 4.78 is 11.3. The quantitative estimate of drug-likeness (QED) is 0.384. The summed E-state index contributed by atoms with van der Waals surface area (Å²) in [6, 6.07) is 7.94. The molecule has 1 amide bonds. The number of nitrogens with zero attached hydrogens (tertiary/aromatic N) is 2. The third-order valence-corrected chi connectivity index (χ3v) is 5.79. The second-order valence-electron chi connectivity index (χ2n) is 5.91. The maximum Gasteiger partial charge on any atom is 0.269 e. The first-order valence-electron chi connectivity index (χ1n) is 8.29. The molecule has 1 aliphatic heterocycles. The van der Waals surface area contributed by atoms with Crippen molar-refractivity contribution in [3.8, 4) is 11.5 Å². The molecule has 1 fully saturated rings. The lowest BCUT2D eigenvalue weighted by atomic mass is 10.2. The van der Waals surface area contributed by atoms with Crippen LogP contribution >= 0.6 is 27.7 Å². The maximum atomic E-state index is 12.4. The van der Waals surface area contributed by atoms with Crippen molar-refractivity contribution in [3.05, 3.63) is 61.0 Å². The van der Waals surface area contributed by atoms with Crippen molar-refractivity contribution in [2.45, 2.75) is 6.92 Å². The van der Waals surface area contributed by atoms with Crippen LogP contribution in [0.15, 0.2) is 44.7 Å². The number of halogens is 1. The molecule has 2 aromatic carbocycles. The van der Waals surface area contributed by atoms with Gasteiger partial charge in [-0.25, -0.2) is 4.99 Å². The molecular weight excluding hydrogens is 462 g/mol. The van der Waals surface area contributed by atoms with Crippen LogP contribution in [0.1, 0.15) is 11.1 Å². The molecule has 1 saturated heterocycles. The van der Waals surface area contributed by atoms with E-state index in [2.05, 4.69) is 26.2 Å². The molecule has 1 heterocycles. The van der Waals surface area contributed by atoms with Gasteiger partial charge in [0.2, 0.25) is 0 Å². The molecule has 10 heteroatoms. The molecule has 0 spiro atoms. The van der Waals surface area contributed by atoms with Crippen molar-refractivity contribution in [2.24, 2.45) is 4.99 Å². The lowest BCUT2D eigenvalue weighted by Gasteiger charge is -2.11. The molecular formula is C19H16BrN3O5S. The summed E-state index contributed by atoms with van der Waals surface area (Å²) in [6.45, 7) is 1.73. The number of ether oxygens (including phenoxy) is 2. The topological polar surface area (TPSA) is 103 Å². The van der Waals surface area contributed by atoms with Crippen LogP contribution in [-0.4, -0.2) is 30.2 Å². The van der Waals surface area contributed by atoms with Crippen LogP contribution in [0.4, 0.5) is 11.4 Å². The monoisotopic (exact) mass is 477 g/mol. The number of amides is 1. The highest BCUT2D eigenvalue weighted by Gasteiger charge is 2.25. The second kappa shape index (κ2) is 8.66. The highest BCUT2D eigenvalue weighted by atomic mass is 79.9. The molecule has 0 saturated carbocycles. The minimum Gasteiger partial charge on any atom is -0.493 e. The van der Waals surface area contributed by atoms with E-state index in [0.29, 0.717) is 37.3 Å². The lowest BCUT2D eigenvalue weighted by molar-refractivity contribution is -0.384. The van der Waals surface area contributed by atoms with Gasteiger partial charge in [0.15, 0.2) is 16.7 Å². The van der Waals surface area contributed by atoms with Gasteiger partial charge in [-0.05, 0) is 70.0 Å².